The van der Waals surface area contributed by atoms with Crippen molar-refractivity contribution in [1.29, 1.82) is 0 Å². The van der Waals surface area contributed by atoms with Crippen molar-refractivity contribution in [2.75, 3.05) is 13.4 Å². The minimum atomic E-state index is 0.463. The Labute approximate surface area is 154 Å². The third kappa shape index (κ3) is 3.09. The van der Waals surface area contributed by atoms with Gasteiger partial charge in [-0.15, -0.1) is 27.1 Å². The highest BCUT2D eigenvalue weighted by molar-refractivity contribution is 7.98. The molecule has 130 valence electrons. The van der Waals surface area contributed by atoms with Crippen LogP contribution in [-0.4, -0.2) is 33.2 Å². The molecule has 0 unspecified atom stereocenters. The zero-order chi connectivity index (χ0) is 17.9. The minimum Gasteiger partial charge on any atom is -0.496 e. The topological polar surface area (TPSA) is 61.5 Å². The van der Waals surface area contributed by atoms with E-state index in [0.29, 0.717) is 23.1 Å². The number of fused-ring (bicyclic) bond motifs is 1. The zero-order valence-corrected chi connectivity index (χ0v) is 15.1. The Bertz CT molecular complexity index is 1050. The number of thioether (sulfide) groups is 1. The van der Waals surface area contributed by atoms with E-state index in [2.05, 4.69) is 15.3 Å². The fourth-order valence-electron chi connectivity index (χ4n) is 2.59. The standard InChI is InChI=1S/C19H16N4O2S/c1-24-16-6-4-3-5-15(16)19-21-20-17-11-12-18(22-23(17)19)25-13-7-9-14(26-2)10-8-13/h3-12H,1-2H3. The lowest BCUT2D eigenvalue weighted by molar-refractivity contribution is 0.416. The van der Waals surface area contributed by atoms with E-state index < -0.39 is 0 Å². The molecule has 0 aliphatic carbocycles. The van der Waals surface area contributed by atoms with Crippen LogP contribution in [-0.2, 0) is 0 Å². The Balaban J connectivity index is 1.72. The summed E-state index contributed by atoms with van der Waals surface area (Å²) >= 11 is 1.69. The maximum absolute atomic E-state index is 5.87. The summed E-state index contributed by atoms with van der Waals surface area (Å²) in [4.78, 5) is 1.18. The maximum atomic E-state index is 5.87. The molecule has 0 saturated carbocycles. The van der Waals surface area contributed by atoms with E-state index in [4.69, 9.17) is 9.47 Å². The van der Waals surface area contributed by atoms with E-state index >= 15 is 0 Å². The molecule has 0 radical (unpaired) electrons. The number of benzene rings is 2. The molecule has 4 rings (SSSR count). The molecule has 0 fully saturated rings. The Morgan fingerprint density at radius 1 is 0.923 bits per heavy atom. The van der Waals surface area contributed by atoms with Crippen molar-refractivity contribution in [3.8, 4) is 28.8 Å². The second-order valence-electron chi connectivity index (χ2n) is 5.44. The predicted molar refractivity (Wildman–Crippen MR) is 101 cm³/mol. The molecular formula is C19H16N4O2S. The molecule has 0 amide bonds. The second kappa shape index (κ2) is 7.05. The van der Waals surface area contributed by atoms with Gasteiger partial charge in [0.05, 0.1) is 12.7 Å². The van der Waals surface area contributed by atoms with E-state index in [9.17, 15) is 0 Å². The van der Waals surface area contributed by atoms with Gasteiger partial charge in [-0.1, -0.05) is 12.1 Å². The minimum absolute atomic E-state index is 0.463. The lowest BCUT2D eigenvalue weighted by Crippen LogP contribution is -1.99. The van der Waals surface area contributed by atoms with Crippen LogP contribution >= 0.6 is 11.8 Å². The van der Waals surface area contributed by atoms with Crippen LogP contribution in [0.3, 0.4) is 0 Å². The smallest absolute Gasteiger partial charge is 0.237 e. The first-order valence-corrected chi connectivity index (χ1v) is 9.19. The fraction of sp³-hybridized carbons (Fsp3) is 0.105. The van der Waals surface area contributed by atoms with Crippen molar-refractivity contribution in [2.45, 2.75) is 4.90 Å². The third-order valence-corrected chi connectivity index (χ3v) is 4.61. The summed E-state index contributed by atoms with van der Waals surface area (Å²) in [5, 5.41) is 13.0. The SMILES string of the molecule is COc1ccccc1-c1nnc2ccc(Oc3ccc(SC)cc3)nn12. The van der Waals surface area contributed by atoms with Gasteiger partial charge >= 0.3 is 0 Å². The van der Waals surface area contributed by atoms with Gasteiger partial charge in [-0.3, -0.25) is 0 Å². The molecule has 4 aromatic rings. The zero-order valence-electron chi connectivity index (χ0n) is 14.3. The highest BCUT2D eigenvalue weighted by atomic mass is 32.2. The monoisotopic (exact) mass is 364 g/mol. The Morgan fingerprint density at radius 3 is 2.50 bits per heavy atom. The fourth-order valence-corrected chi connectivity index (χ4v) is 3.00. The number of hydrogen-bond donors (Lipinski definition) is 0. The normalized spacial score (nSPS) is 10.8. The van der Waals surface area contributed by atoms with Crippen molar-refractivity contribution in [3.05, 3.63) is 60.7 Å². The van der Waals surface area contributed by atoms with Gasteiger partial charge in [-0.25, -0.2) is 0 Å². The summed E-state index contributed by atoms with van der Waals surface area (Å²) in [6, 6.07) is 19.1. The number of hydrogen-bond acceptors (Lipinski definition) is 6. The number of rotatable bonds is 5. The Morgan fingerprint density at radius 2 is 1.73 bits per heavy atom. The Kier molecular flexibility index (Phi) is 4.45. The molecule has 2 aromatic carbocycles. The number of nitrogens with zero attached hydrogens (tertiary/aromatic N) is 4. The number of ether oxygens (including phenoxy) is 2. The van der Waals surface area contributed by atoms with E-state index in [1.807, 2.05) is 60.9 Å². The van der Waals surface area contributed by atoms with Crippen molar-refractivity contribution in [2.24, 2.45) is 0 Å². The predicted octanol–water partition coefficient (Wildman–Crippen LogP) is 4.31. The van der Waals surface area contributed by atoms with Gasteiger partial charge in [0.15, 0.2) is 11.5 Å². The molecule has 6 nitrogen and oxygen atoms in total. The van der Waals surface area contributed by atoms with E-state index in [1.54, 1.807) is 29.5 Å². The van der Waals surface area contributed by atoms with Crippen LogP contribution < -0.4 is 9.47 Å². The summed E-state index contributed by atoms with van der Waals surface area (Å²) in [6.45, 7) is 0. The van der Waals surface area contributed by atoms with Crippen molar-refractivity contribution in [1.82, 2.24) is 19.8 Å². The lowest BCUT2D eigenvalue weighted by Gasteiger charge is -2.08. The molecule has 2 aromatic heterocycles. The van der Waals surface area contributed by atoms with Crippen molar-refractivity contribution < 1.29 is 9.47 Å². The first-order valence-electron chi connectivity index (χ1n) is 7.96. The van der Waals surface area contributed by atoms with E-state index in [0.717, 1.165) is 11.3 Å². The number of para-hydroxylation sites is 1. The van der Waals surface area contributed by atoms with Crippen LogP contribution in [0.1, 0.15) is 0 Å². The molecule has 0 N–H and O–H groups in total. The van der Waals surface area contributed by atoms with Crippen LogP contribution in [0, 0.1) is 0 Å². The molecule has 7 heteroatoms. The Hall–Kier alpha value is -3.06. The highest BCUT2D eigenvalue weighted by Gasteiger charge is 2.14. The summed E-state index contributed by atoms with van der Waals surface area (Å²) in [5.41, 5.74) is 1.45. The lowest BCUT2D eigenvalue weighted by atomic mass is 10.2. The average molecular weight is 364 g/mol. The van der Waals surface area contributed by atoms with Crippen LogP contribution in [0.15, 0.2) is 65.6 Å². The molecule has 0 saturated heterocycles. The van der Waals surface area contributed by atoms with Gasteiger partial charge in [0, 0.05) is 11.0 Å². The first-order chi connectivity index (χ1) is 12.8. The van der Waals surface area contributed by atoms with Gasteiger partial charge in [-0.05, 0) is 48.7 Å². The van der Waals surface area contributed by atoms with Gasteiger partial charge < -0.3 is 9.47 Å². The summed E-state index contributed by atoms with van der Waals surface area (Å²) < 4.78 is 13.0. The summed E-state index contributed by atoms with van der Waals surface area (Å²) in [6.07, 6.45) is 2.04. The maximum Gasteiger partial charge on any atom is 0.237 e. The van der Waals surface area contributed by atoms with Crippen LogP contribution in [0.2, 0.25) is 0 Å². The summed E-state index contributed by atoms with van der Waals surface area (Å²) in [5.74, 6) is 2.50. The van der Waals surface area contributed by atoms with Crippen molar-refractivity contribution >= 4 is 17.4 Å². The number of methoxy groups -OCH3 is 1. The largest absolute Gasteiger partial charge is 0.496 e. The first kappa shape index (κ1) is 16.4. The van der Waals surface area contributed by atoms with Crippen LogP contribution in [0.5, 0.6) is 17.4 Å². The molecule has 0 aliphatic heterocycles. The highest BCUT2D eigenvalue weighted by Crippen LogP contribution is 2.29. The van der Waals surface area contributed by atoms with Gasteiger partial charge in [0.25, 0.3) is 0 Å². The van der Waals surface area contributed by atoms with Gasteiger partial charge in [-0.2, -0.15) is 4.52 Å². The quantitative estimate of drug-likeness (QED) is 0.492. The molecule has 0 atom stereocenters. The number of aromatic nitrogens is 4. The molecule has 0 spiro atoms. The molecule has 0 bridgehead atoms. The second-order valence-corrected chi connectivity index (χ2v) is 6.32. The van der Waals surface area contributed by atoms with Crippen LogP contribution in [0.4, 0.5) is 0 Å². The molecule has 2 heterocycles. The van der Waals surface area contributed by atoms with Crippen LogP contribution in [0.25, 0.3) is 17.0 Å². The average Bonchev–Trinajstić information content (AvgIpc) is 3.11. The third-order valence-electron chi connectivity index (χ3n) is 3.87. The summed E-state index contributed by atoms with van der Waals surface area (Å²) in [7, 11) is 1.63. The van der Waals surface area contributed by atoms with Gasteiger partial charge in [0.1, 0.15) is 11.5 Å². The van der Waals surface area contributed by atoms with E-state index in [1.165, 1.54) is 4.90 Å². The van der Waals surface area contributed by atoms with E-state index in [-0.39, 0.29) is 0 Å². The molecule has 26 heavy (non-hydrogen) atoms. The molecule has 0 aliphatic rings. The molecular weight excluding hydrogens is 348 g/mol. The van der Waals surface area contributed by atoms with Crippen molar-refractivity contribution in [3.63, 3.8) is 0 Å². The van der Waals surface area contributed by atoms with Gasteiger partial charge in [0.2, 0.25) is 5.88 Å².